The Kier molecular flexibility index (Phi) is 6.11. The summed E-state index contributed by atoms with van der Waals surface area (Å²) in [6.45, 7) is 1.54. The normalized spacial score (nSPS) is 10.8. The molecule has 0 aromatic heterocycles. The molecule has 1 aromatic rings. The number of hydrogen-bond acceptors (Lipinski definition) is 5. The number of halogens is 3. The number of methoxy groups -OCH3 is 1. The first kappa shape index (κ1) is 18.5. The van der Waals surface area contributed by atoms with Crippen LogP contribution in [0.15, 0.2) is 18.2 Å². The van der Waals surface area contributed by atoms with E-state index in [2.05, 4.69) is 9.47 Å². The molecule has 1 N–H and O–H groups in total. The van der Waals surface area contributed by atoms with E-state index in [1.165, 1.54) is 6.92 Å². The molecule has 0 saturated carbocycles. The first-order valence-electron chi connectivity index (χ1n) is 6.44. The van der Waals surface area contributed by atoms with Gasteiger partial charge in [-0.3, -0.25) is 9.59 Å². The number of nitrogens with one attached hydrogen (secondary N) is 1. The molecular weight excluding hydrogens is 319 g/mol. The summed E-state index contributed by atoms with van der Waals surface area (Å²) in [6, 6.07) is 2.78. The highest BCUT2D eigenvalue weighted by Gasteiger charge is 2.36. The Balaban J connectivity index is 3.18. The second-order valence-corrected chi connectivity index (χ2v) is 4.25. The van der Waals surface area contributed by atoms with Crippen LogP contribution in [0.1, 0.15) is 29.3 Å². The Hall–Kier alpha value is -2.58. The van der Waals surface area contributed by atoms with E-state index in [0.717, 1.165) is 19.2 Å². The molecule has 0 aliphatic rings. The summed E-state index contributed by atoms with van der Waals surface area (Å²) in [6.07, 6.45) is -5.59. The van der Waals surface area contributed by atoms with Gasteiger partial charge in [0.1, 0.15) is 6.42 Å². The second-order valence-electron chi connectivity index (χ2n) is 4.25. The summed E-state index contributed by atoms with van der Waals surface area (Å²) in [4.78, 5) is 34.5. The minimum atomic E-state index is -4.81. The Labute approximate surface area is 129 Å². The standard InChI is InChI=1S/C14H14F3NO5/c1-3-23-11(20)7-10(19)18-12-8(13(21)22-2)5-4-6-9(12)14(15,16)17/h4-6H,3,7H2,1-2H3,(H,18,19). The fourth-order valence-electron chi connectivity index (χ4n) is 1.73. The van der Waals surface area contributed by atoms with Gasteiger partial charge >= 0.3 is 18.1 Å². The van der Waals surface area contributed by atoms with Crippen LogP contribution >= 0.6 is 0 Å². The van der Waals surface area contributed by atoms with Gasteiger partial charge in [0.2, 0.25) is 5.91 Å². The van der Waals surface area contributed by atoms with E-state index in [1.807, 2.05) is 5.32 Å². The van der Waals surface area contributed by atoms with Crippen LogP contribution in [0, 0.1) is 0 Å². The summed E-state index contributed by atoms with van der Waals surface area (Å²) in [5.41, 5.74) is -2.46. The van der Waals surface area contributed by atoms with Gasteiger partial charge in [-0.2, -0.15) is 13.2 Å². The number of benzene rings is 1. The van der Waals surface area contributed by atoms with E-state index in [4.69, 9.17) is 0 Å². The Morgan fingerprint density at radius 3 is 2.39 bits per heavy atom. The third-order valence-electron chi connectivity index (χ3n) is 2.65. The van der Waals surface area contributed by atoms with E-state index in [1.54, 1.807) is 0 Å². The topological polar surface area (TPSA) is 81.7 Å². The van der Waals surface area contributed by atoms with Gasteiger partial charge in [0, 0.05) is 0 Å². The van der Waals surface area contributed by atoms with Crippen LogP contribution < -0.4 is 5.32 Å². The number of ether oxygens (including phenoxy) is 2. The molecule has 126 valence electrons. The Bertz CT molecular complexity index is 613. The first-order chi connectivity index (χ1) is 10.7. The zero-order chi connectivity index (χ0) is 17.6. The SMILES string of the molecule is CCOC(=O)CC(=O)Nc1c(C(=O)OC)cccc1C(F)(F)F. The highest BCUT2D eigenvalue weighted by molar-refractivity contribution is 6.06. The summed E-state index contributed by atoms with van der Waals surface area (Å²) >= 11 is 0. The largest absolute Gasteiger partial charge is 0.466 e. The van der Waals surface area contributed by atoms with Gasteiger partial charge in [0.15, 0.2) is 0 Å². The average Bonchev–Trinajstić information content (AvgIpc) is 2.45. The van der Waals surface area contributed by atoms with Crippen molar-refractivity contribution in [3.63, 3.8) is 0 Å². The monoisotopic (exact) mass is 333 g/mol. The maximum atomic E-state index is 13.0. The van der Waals surface area contributed by atoms with E-state index in [-0.39, 0.29) is 6.61 Å². The van der Waals surface area contributed by atoms with Crippen LogP contribution in [0.5, 0.6) is 0 Å². The van der Waals surface area contributed by atoms with Crippen molar-refractivity contribution in [3.05, 3.63) is 29.3 Å². The third kappa shape index (κ3) is 4.97. The van der Waals surface area contributed by atoms with E-state index in [9.17, 15) is 27.6 Å². The molecule has 1 amide bonds. The van der Waals surface area contributed by atoms with Gasteiger partial charge in [0.05, 0.1) is 30.5 Å². The summed E-state index contributed by atoms with van der Waals surface area (Å²) in [5, 5.41) is 1.93. The maximum absolute atomic E-state index is 13.0. The van der Waals surface area contributed by atoms with Crippen molar-refractivity contribution in [1.29, 1.82) is 0 Å². The zero-order valence-corrected chi connectivity index (χ0v) is 12.3. The number of anilines is 1. The van der Waals surface area contributed by atoms with Crippen molar-refractivity contribution in [3.8, 4) is 0 Å². The van der Waals surface area contributed by atoms with Crippen LogP contribution in [0.3, 0.4) is 0 Å². The van der Waals surface area contributed by atoms with E-state index in [0.29, 0.717) is 6.07 Å². The molecule has 0 fully saturated rings. The van der Waals surface area contributed by atoms with E-state index >= 15 is 0 Å². The Morgan fingerprint density at radius 2 is 1.87 bits per heavy atom. The number of para-hydroxylation sites is 1. The van der Waals surface area contributed by atoms with Crippen molar-refractivity contribution in [1.82, 2.24) is 0 Å². The molecule has 1 aromatic carbocycles. The fourth-order valence-corrected chi connectivity index (χ4v) is 1.73. The molecule has 0 spiro atoms. The predicted molar refractivity (Wildman–Crippen MR) is 72.7 cm³/mol. The quantitative estimate of drug-likeness (QED) is 0.661. The number of alkyl halides is 3. The van der Waals surface area contributed by atoms with Gasteiger partial charge in [0.25, 0.3) is 0 Å². The molecule has 23 heavy (non-hydrogen) atoms. The molecule has 0 aliphatic heterocycles. The molecule has 0 atom stereocenters. The van der Waals surface area contributed by atoms with Gasteiger partial charge in [-0.15, -0.1) is 0 Å². The molecule has 0 radical (unpaired) electrons. The number of carbonyl (C=O) groups excluding carboxylic acids is 3. The molecule has 0 unspecified atom stereocenters. The van der Waals surface area contributed by atoms with Crippen LogP contribution in [0.2, 0.25) is 0 Å². The smallest absolute Gasteiger partial charge is 0.418 e. The predicted octanol–water partition coefficient (Wildman–Crippen LogP) is 2.38. The molecule has 9 heteroatoms. The summed E-state index contributed by atoms with van der Waals surface area (Å²) in [7, 11) is 0.993. The minimum absolute atomic E-state index is 0.0265. The zero-order valence-electron chi connectivity index (χ0n) is 12.3. The van der Waals surface area contributed by atoms with Crippen molar-refractivity contribution in [2.75, 3.05) is 19.0 Å². The van der Waals surface area contributed by atoms with Crippen LogP contribution in [0.4, 0.5) is 18.9 Å². The van der Waals surface area contributed by atoms with Gasteiger partial charge in [-0.05, 0) is 19.1 Å². The lowest BCUT2D eigenvalue weighted by Crippen LogP contribution is -2.22. The van der Waals surface area contributed by atoms with Crippen molar-refractivity contribution in [2.24, 2.45) is 0 Å². The molecule has 6 nitrogen and oxygen atoms in total. The molecule has 0 aliphatic carbocycles. The summed E-state index contributed by atoms with van der Waals surface area (Å²) < 4.78 is 48.0. The van der Waals surface area contributed by atoms with Crippen LogP contribution in [0.25, 0.3) is 0 Å². The lowest BCUT2D eigenvalue weighted by molar-refractivity contribution is -0.145. The first-order valence-corrected chi connectivity index (χ1v) is 6.44. The fraction of sp³-hybridized carbons (Fsp3) is 0.357. The number of rotatable bonds is 5. The number of carbonyl (C=O) groups is 3. The summed E-state index contributed by atoms with van der Waals surface area (Å²) in [5.74, 6) is -2.98. The molecular formula is C14H14F3NO5. The number of amides is 1. The third-order valence-corrected chi connectivity index (χ3v) is 2.65. The number of hydrogen-bond donors (Lipinski definition) is 1. The van der Waals surface area contributed by atoms with Crippen LogP contribution in [-0.2, 0) is 25.2 Å². The van der Waals surface area contributed by atoms with Crippen LogP contribution in [-0.4, -0.2) is 31.6 Å². The lowest BCUT2D eigenvalue weighted by Gasteiger charge is -2.16. The van der Waals surface area contributed by atoms with Gasteiger partial charge in [-0.1, -0.05) is 6.07 Å². The molecule has 1 rings (SSSR count). The minimum Gasteiger partial charge on any atom is -0.466 e. The van der Waals surface area contributed by atoms with Crippen molar-refractivity contribution >= 4 is 23.5 Å². The molecule has 0 saturated heterocycles. The highest BCUT2D eigenvalue weighted by atomic mass is 19.4. The van der Waals surface area contributed by atoms with Crippen molar-refractivity contribution < 1.29 is 37.0 Å². The van der Waals surface area contributed by atoms with Gasteiger partial charge < -0.3 is 14.8 Å². The maximum Gasteiger partial charge on any atom is 0.418 e. The van der Waals surface area contributed by atoms with E-state index < -0.39 is 47.3 Å². The molecule has 0 bridgehead atoms. The Morgan fingerprint density at radius 1 is 1.22 bits per heavy atom. The average molecular weight is 333 g/mol. The van der Waals surface area contributed by atoms with Gasteiger partial charge in [-0.25, -0.2) is 4.79 Å². The molecule has 0 heterocycles. The lowest BCUT2D eigenvalue weighted by atomic mass is 10.1. The number of esters is 2. The van der Waals surface area contributed by atoms with Crippen molar-refractivity contribution in [2.45, 2.75) is 19.5 Å². The second kappa shape index (κ2) is 7.61. The highest BCUT2D eigenvalue weighted by Crippen LogP contribution is 2.37.